The van der Waals surface area contributed by atoms with Crippen LogP contribution in [0, 0.1) is 0 Å². The molecule has 0 aliphatic carbocycles. The summed E-state index contributed by atoms with van der Waals surface area (Å²) in [7, 11) is -3.79. The summed E-state index contributed by atoms with van der Waals surface area (Å²) in [5, 5.41) is 14.0. The van der Waals surface area contributed by atoms with Crippen LogP contribution in [0.15, 0.2) is 120 Å². The van der Waals surface area contributed by atoms with Crippen LogP contribution in [0.3, 0.4) is 0 Å². The number of nitrogens with one attached hydrogen (secondary N) is 2. The van der Waals surface area contributed by atoms with Crippen molar-refractivity contribution in [3.8, 4) is 22.4 Å². The average Bonchev–Trinajstić information content (AvgIpc) is 3.43. The number of benzene rings is 4. The van der Waals surface area contributed by atoms with Gasteiger partial charge in [0, 0.05) is 32.9 Å². The number of sulfonamides is 1. The lowest BCUT2D eigenvalue weighted by Gasteiger charge is -2.11. The van der Waals surface area contributed by atoms with Gasteiger partial charge in [0.2, 0.25) is 0 Å². The molecule has 0 atom stereocenters. The van der Waals surface area contributed by atoms with E-state index in [2.05, 4.69) is 42.3 Å². The first kappa shape index (κ1) is 27.0. The Hall–Kier alpha value is -4.90. The minimum absolute atomic E-state index is 0.124. The van der Waals surface area contributed by atoms with E-state index >= 15 is 0 Å². The van der Waals surface area contributed by atoms with E-state index in [9.17, 15) is 8.42 Å². The molecule has 0 fully saturated rings. The molecule has 0 saturated heterocycles. The standard InChI is InChI=1S/C32H21ClN6O2S2/c33-22-11-13-24(14-12-22)39-43(40,41)25-17-15-23(16-18-25)36-31-30-29(34-19-35-31)27-26(20-7-3-1-4-8-20)28(37-38-32(27)42-30)21-9-5-2-6-10-21/h1-19,39H,(H,34,35,36). The summed E-state index contributed by atoms with van der Waals surface area (Å²) in [6, 6.07) is 33.0. The Bertz CT molecular complexity index is 2190. The SMILES string of the molecule is O=S(=O)(Nc1ccc(Cl)cc1)c1ccc(Nc2ncnc3c2sc2nnc(-c4ccccc4)c(-c4ccccc4)c23)cc1. The van der Waals surface area contributed by atoms with Crippen LogP contribution in [0.2, 0.25) is 5.02 Å². The minimum atomic E-state index is -3.79. The Morgan fingerprint density at radius 3 is 2.05 bits per heavy atom. The highest BCUT2D eigenvalue weighted by Crippen LogP contribution is 2.43. The lowest BCUT2D eigenvalue weighted by atomic mass is 9.97. The molecule has 0 amide bonds. The molecule has 0 spiro atoms. The van der Waals surface area contributed by atoms with E-state index in [1.807, 2.05) is 48.5 Å². The van der Waals surface area contributed by atoms with Crippen LogP contribution in [0.4, 0.5) is 17.2 Å². The van der Waals surface area contributed by atoms with Crippen molar-refractivity contribution >= 4 is 70.6 Å². The third-order valence-electron chi connectivity index (χ3n) is 6.81. The number of hydrogen-bond donors (Lipinski definition) is 2. The molecule has 3 heterocycles. The molecule has 0 radical (unpaired) electrons. The number of rotatable bonds is 7. The summed E-state index contributed by atoms with van der Waals surface area (Å²) in [5.74, 6) is 0.586. The molecule has 3 aromatic heterocycles. The van der Waals surface area contributed by atoms with Gasteiger partial charge in [0.15, 0.2) is 5.82 Å². The third-order valence-corrected chi connectivity index (χ3v) is 9.53. The summed E-state index contributed by atoms with van der Waals surface area (Å²) >= 11 is 7.37. The smallest absolute Gasteiger partial charge is 0.261 e. The Labute approximate surface area is 256 Å². The Morgan fingerprint density at radius 2 is 1.35 bits per heavy atom. The molecule has 11 heteroatoms. The number of thiophene rings is 1. The van der Waals surface area contributed by atoms with Gasteiger partial charge in [0.05, 0.1) is 15.1 Å². The molecule has 2 N–H and O–H groups in total. The Balaban J connectivity index is 1.27. The number of halogens is 1. The van der Waals surface area contributed by atoms with Gasteiger partial charge in [0.25, 0.3) is 10.0 Å². The van der Waals surface area contributed by atoms with Crippen LogP contribution < -0.4 is 10.0 Å². The number of anilines is 3. The van der Waals surface area contributed by atoms with E-state index in [1.54, 1.807) is 36.4 Å². The van der Waals surface area contributed by atoms with Crippen molar-refractivity contribution < 1.29 is 8.42 Å². The maximum Gasteiger partial charge on any atom is 0.261 e. The van der Waals surface area contributed by atoms with Crippen LogP contribution >= 0.6 is 22.9 Å². The van der Waals surface area contributed by atoms with Crippen molar-refractivity contribution in [2.45, 2.75) is 4.90 Å². The highest BCUT2D eigenvalue weighted by atomic mass is 35.5. The van der Waals surface area contributed by atoms with E-state index in [-0.39, 0.29) is 4.90 Å². The predicted octanol–water partition coefficient (Wildman–Crippen LogP) is 8.17. The quantitative estimate of drug-likeness (QED) is 0.185. The Kier molecular flexibility index (Phi) is 6.94. The van der Waals surface area contributed by atoms with Gasteiger partial charge in [-0.25, -0.2) is 18.4 Å². The van der Waals surface area contributed by atoms with E-state index in [0.29, 0.717) is 22.2 Å². The number of hydrogen-bond acceptors (Lipinski definition) is 8. The summed E-state index contributed by atoms with van der Waals surface area (Å²) < 4.78 is 29.2. The van der Waals surface area contributed by atoms with Gasteiger partial charge in [-0.15, -0.1) is 21.5 Å². The summed E-state index contributed by atoms with van der Waals surface area (Å²) in [5.41, 5.74) is 5.55. The van der Waals surface area contributed by atoms with Gasteiger partial charge in [-0.05, 0) is 54.1 Å². The largest absolute Gasteiger partial charge is 0.339 e. The molecule has 0 bridgehead atoms. The molecule has 0 aliphatic rings. The zero-order valence-electron chi connectivity index (χ0n) is 22.3. The van der Waals surface area contributed by atoms with Gasteiger partial charge in [-0.2, -0.15) is 0 Å². The maximum absolute atomic E-state index is 12.9. The monoisotopic (exact) mass is 620 g/mol. The van der Waals surface area contributed by atoms with Gasteiger partial charge in [0.1, 0.15) is 16.9 Å². The van der Waals surface area contributed by atoms with E-state index in [4.69, 9.17) is 11.6 Å². The molecule has 43 heavy (non-hydrogen) atoms. The first-order chi connectivity index (χ1) is 21.0. The van der Waals surface area contributed by atoms with E-state index in [0.717, 1.165) is 42.8 Å². The van der Waals surface area contributed by atoms with Crippen molar-refractivity contribution in [1.82, 2.24) is 20.2 Å². The molecule has 0 aliphatic heterocycles. The first-order valence-electron chi connectivity index (χ1n) is 13.2. The van der Waals surface area contributed by atoms with Crippen molar-refractivity contribution in [2.24, 2.45) is 0 Å². The molecule has 4 aromatic carbocycles. The van der Waals surface area contributed by atoms with Crippen molar-refractivity contribution in [2.75, 3.05) is 10.0 Å². The second-order valence-electron chi connectivity index (χ2n) is 9.60. The lowest BCUT2D eigenvalue weighted by Crippen LogP contribution is -2.12. The lowest BCUT2D eigenvalue weighted by molar-refractivity contribution is 0.601. The molecule has 0 unspecified atom stereocenters. The molecule has 7 rings (SSSR count). The summed E-state index contributed by atoms with van der Waals surface area (Å²) in [4.78, 5) is 10.1. The van der Waals surface area contributed by atoms with Gasteiger partial charge >= 0.3 is 0 Å². The van der Waals surface area contributed by atoms with E-state index < -0.39 is 10.0 Å². The second kappa shape index (κ2) is 11.1. The molecule has 0 saturated carbocycles. The topological polar surface area (TPSA) is 110 Å². The number of aromatic nitrogens is 4. The van der Waals surface area contributed by atoms with Gasteiger partial charge in [-0.3, -0.25) is 4.72 Å². The zero-order valence-corrected chi connectivity index (χ0v) is 24.7. The maximum atomic E-state index is 12.9. The molecule has 8 nitrogen and oxygen atoms in total. The van der Waals surface area contributed by atoms with Crippen molar-refractivity contribution in [1.29, 1.82) is 0 Å². The van der Waals surface area contributed by atoms with Crippen molar-refractivity contribution in [3.05, 3.63) is 121 Å². The van der Waals surface area contributed by atoms with Gasteiger partial charge in [-0.1, -0.05) is 72.3 Å². The highest BCUT2D eigenvalue weighted by molar-refractivity contribution is 7.92. The van der Waals surface area contributed by atoms with Gasteiger partial charge < -0.3 is 5.32 Å². The second-order valence-corrected chi connectivity index (χ2v) is 12.7. The van der Waals surface area contributed by atoms with Crippen LogP contribution in [-0.2, 0) is 10.0 Å². The van der Waals surface area contributed by atoms with E-state index in [1.165, 1.54) is 29.8 Å². The summed E-state index contributed by atoms with van der Waals surface area (Å²) in [6.45, 7) is 0. The first-order valence-corrected chi connectivity index (χ1v) is 15.8. The highest BCUT2D eigenvalue weighted by Gasteiger charge is 2.22. The fraction of sp³-hybridized carbons (Fsp3) is 0. The minimum Gasteiger partial charge on any atom is -0.339 e. The number of nitrogens with zero attached hydrogens (tertiary/aromatic N) is 4. The summed E-state index contributed by atoms with van der Waals surface area (Å²) in [6.07, 6.45) is 1.52. The van der Waals surface area contributed by atoms with Crippen LogP contribution in [0.1, 0.15) is 0 Å². The number of fused-ring (bicyclic) bond motifs is 3. The molecule has 7 aromatic rings. The molecular weight excluding hydrogens is 600 g/mol. The Morgan fingerprint density at radius 1 is 0.698 bits per heavy atom. The predicted molar refractivity (Wildman–Crippen MR) is 173 cm³/mol. The average molecular weight is 621 g/mol. The van der Waals surface area contributed by atoms with Crippen molar-refractivity contribution in [3.63, 3.8) is 0 Å². The zero-order chi connectivity index (χ0) is 29.4. The molecular formula is C32H21ClN6O2S2. The van der Waals surface area contributed by atoms with Crippen LogP contribution in [0.25, 0.3) is 42.8 Å². The van der Waals surface area contributed by atoms with Crippen LogP contribution in [0.5, 0.6) is 0 Å². The fourth-order valence-corrected chi connectivity index (χ4v) is 7.03. The van der Waals surface area contributed by atoms with Crippen LogP contribution in [-0.4, -0.2) is 28.6 Å². The third kappa shape index (κ3) is 5.27. The normalized spacial score (nSPS) is 11.6. The fourth-order valence-electron chi connectivity index (χ4n) is 4.82. The molecule has 210 valence electrons.